The number of furan rings is 1. The molecule has 5 nitrogen and oxygen atoms in total. The second-order valence-corrected chi connectivity index (χ2v) is 3.00. The van der Waals surface area contributed by atoms with Gasteiger partial charge in [-0.25, -0.2) is 9.59 Å². The van der Waals surface area contributed by atoms with Crippen LogP contribution in [0.2, 0.25) is 0 Å². The molecule has 0 amide bonds. The van der Waals surface area contributed by atoms with E-state index < -0.39 is 11.9 Å². The van der Waals surface area contributed by atoms with Crippen LogP contribution in [0.3, 0.4) is 0 Å². The summed E-state index contributed by atoms with van der Waals surface area (Å²) in [5.74, 6) is -1.29. The summed E-state index contributed by atoms with van der Waals surface area (Å²) in [6.07, 6.45) is 0. The Bertz CT molecular complexity index is 368. The molecular formula is C8H7BrO5. The van der Waals surface area contributed by atoms with Crippen molar-refractivity contribution in [2.45, 2.75) is 0 Å². The van der Waals surface area contributed by atoms with Gasteiger partial charge in [-0.3, -0.25) is 0 Å². The van der Waals surface area contributed by atoms with E-state index in [1.807, 2.05) is 0 Å². The van der Waals surface area contributed by atoms with Gasteiger partial charge in [-0.2, -0.15) is 0 Å². The highest BCUT2D eigenvalue weighted by Crippen LogP contribution is 2.22. The predicted octanol–water partition coefficient (Wildman–Crippen LogP) is 1.62. The lowest BCUT2D eigenvalue weighted by molar-refractivity contribution is 0.0561. The molecule has 0 aliphatic carbocycles. The first-order chi connectivity index (χ1) is 6.60. The number of hydrogen-bond donors (Lipinski definition) is 0. The lowest BCUT2D eigenvalue weighted by Gasteiger charge is -1.92. The van der Waals surface area contributed by atoms with Crippen molar-refractivity contribution >= 4 is 27.9 Å². The van der Waals surface area contributed by atoms with Gasteiger partial charge in [0.1, 0.15) is 5.56 Å². The lowest BCUT2D eigenvalue weighted by Crippen LogP contribution is -2.01. The Kier molecular flexibility index (Phi) is 3.29. The second kappa shape index (κ2) is 4.28. The van der Waals surface area contributed by atoms with Crippen LogP contribution >= 0.6 is 15.9 Å². The molecule has 1 aromatic rings. The van der Waals surface area contributed by atoms with E-state index in [0.717, 1.165) is 0 Å². The monoisotopic (exact) mass is 262 g/mol. The summed E-state index contributed by atoms with van der Waals surface area (Å²) < 4.78 is 13.9. The van der Waals surface area contributed by atoms with Crippen molar-refractivity contribution in [1.82, 2.24) is 0 Å². The van der Waals surface area contributed by atoms with Gasteiger partial charge in [0.25, 0.3) is 0 Å². The molecule has 6 heteroatoms. The van der Waals surface area contributed by atoms with Gasteiger partial charge in [0.2, 0.25) is 5.76 Å². The molecule has 0 N–H and O–H groups in total. The van der Waals surface area contributed by atoms with Gasteiger partial charge in [0.05, 0.1) is 14.2 Å². The van der Waals surface area contributed by atoms with Crippen molar-refractivity contribution < 1.29 is 23.5 Å². The van der Waals surface area contributed by atoms with E-state index in [4.69, 9.17) is 4.42 Å². The molecule has 0 aliphatic heterocycles. The summed E-state index contributed by atoms with van der Waals surface area (Å²) >= 11 is 2.98. The average Bonchev–Trinajstić information content (AvgIpc) is 2.58. The summed E-state index contributed by atoms with van der Waals surface area (Å²) in [5.41, 5.74) is 0.146. The Morgan fingerprint density at radius 2 is 1.86 bits per heavy atom. The van der Waals surface area contributed by atoms with Gasteiger partial charge in [0, 0.05) is 6.07 Å². The summed E-state index contributed by atoms with van der Waals surface area (Å²) in [6.45, 7) is 0. The van der Waals surface area contributed by atoms with Crippen molar-refractivity contribution in [2.75, 3.05) is 14.2 Å². The third-order valence-electron chi connectivity index (χ3n) is 1.48. The first-order valence-corrected chi connectivity index (χ1v) is 4.35. The van der Waals surface area contributed by atoms with Gasteiger partial charge in [-0.05, 0) is 15.9 Å². The number of methoxy groups -OCH3 is 2. The number of halogens is 1. The number of carbonyl (C=O) groups is 2. The van der Waals surface area contributed by atoms with Crippen molar-refractivity contribution in [3.8, 4) is 0 Å². The molecule has 14 heavy (non-hydrogen) atoms. The molecule has 0 atom stereocenters. The Labute approximate surface area is 88.1 Å². The van der Waals surface area contributed by atoms with Gasteiger partial charge in [-0.1, -0.05) is 0 Å². The number of hydrogen-bond acceptors (Lipinski definition) is 5. The number of esters is 2. The molecule has 0 unspecified atom stereocenters. The zero-order valence-corrected chi connectivity index (χ0v) is 9.08. The quantitative estimate of drug-likeness (QED) is 0.758. The van der Waals surface area contributed by atoms with E-state index in [2.05, 4.69) is 25.4 Å². The topological polar surface area (TPSA) is 65.7 Å². The van der Waals surface area contributed by atoms with Crippen molar-refractivity contribution in [3.05, 3.63) is 22.1 Å². The zero-order valence-electron chi connectivity index (χ0n) is 7.50. The lowest BCUT2D eigenvalue weighted by atomic mass is 10.3. The molecule has 0 aliphatic rings. The largest absolute Gasteiger partial charge is 0.465 e. The normalized spacial score (nSPS) is 9.64. The smallest absolute Gasteiger partial charge is 0.374 e. The van der Waals surface area contributed by atoms with Gasteiger partial charge in [0.15, 0.2) is 4.67 Å². The maximum Gasteiger partial charge on any atom is 0.374 e. The minimum atomic E-state index is -0.652. The molecule has 1 aromatic heterocycles. The van der Waals surface area contributed by atoms with Crippen LogP contribution in [0, 0.1) is 0 Å². The molecule has 0 bridgehead atoms. The maximum atomic E-state index is 11.1. The Balaban J connectivity index is 3.05. The minimum Gasteiger partial charge on any atom is -0.465 e. The molecule has 0 radical (unpaired) electrons. The fraction of sp³-hybridized carbons (Fsp3) is 0.250. The van der Waals surface area contributed by atoms with Crippen LogP contribution in [0.15, 0.2) is 15.2 Å². The zero-order chi connectivity index (χ0) is 10.7. The van der Waals surface area contributed by atoms with Gasteiger partial charge in [-0.15, -0.1) is 0 Å². The van der Waals surface area contributed by atoms with Crippen molar-refractivity contribution in [2.24, 2.45) is 0 Å². The van der Waals surface area contributed by atoms with Crippen LogP contribution in [0.4, 0.5) is 0 Å². The first-order valence-electron chi connectivity index (χ1n) is 3.56. The van der Waals surface area contributed by atoms with E-state index in [-0.39, 0.29) is 16.0 Å². The summed E-state index contributed by atoms with van der Waals surface area (Å²) in [4.78, 5) is 22.1. The highest BCUT2D eigenvalue weighted by atomic mass is 79.9. The Hall–Kier alpha value is -1.30. The van der Waals surface area contributed by atoms with E-state index in [0.29, 0.717) is 0 Å². The molecule has 1 heterocycles. The minimum absolute atomic E-state index is 0.0558. The number of ether oxygens (including phenoxy) is 2. The van der Waals surface area contributed by atoms with Crippen LogP contribution in [-0.4, -0.2) is 26.2 Å². The van der Waals surface area contributed by atoms with Crippen LogP contribution in [0.1, 0.15) is 20.9 Å². The highest BCUT2D eigenvalue weighted by Gasteiger charge is 2.20. The Morgan fingerprint density at radius 3 is 2.36 bits per heavy atom. The van der Waals surface area contributed by atoms with E-state index >= 15 is 0 Å². The fourth-order valence-electron chi connectivity index (χ4n) is 0.819. The molecule has 0 aromatic carbocycles. The highest BCUT2D eigenvalue weighted by molar-refractivity contribution is 9.10. The van der Waals surface area contributed by atoms with Gasteiger partial charge >= 0.3 is 11.9 Å². The number of carbonyl (C=O) groups excluding carboxylic acids is 2. The van der Waals surface area contributed by atoms with Crippen molar-refractivity contribution in [3.63, 3.8) is 0 Å². The maximum absolute atomic E-state index is 11.1. The number of rotatable bonds is 2. The molecule has 1 rings (SSSR count). The van der Waals surface area contributed by atoms with Crippen LogP contribution < -0.4 is 0 Å². The fourth-order valence-corrected chi connectivity index (χ4v) is 1.27. The summed E-state index contributed by atoms with van der Waals surface area (Å²) in [7, 11) is 2.45. The van der Waals surface area contributed by atoms with Crippen LogP contribution in [-0.2, 0) is 9.47 Å². The van der Waals surface area contributed by atoms with Gasteiger partial charge < -0.3 is 13.9 Å². The molecule has 0 saturated carbocycles. The molecular weight excluding hydrogens is 256 g/mol. The van der Waals surface area contributed by atoms with Crippen LogP contribution in [0.5, 0.6) is 0 Å². The molecule has 0 spiro atoms. The Morgan fingerprint density at radius 1 is 1.29 bits per heavy atom. The van der Waals surface area contributed by atoms with E-state index in [1.54, 1.807) is 0 Å². The summed E-state index contributed by atoms with van der Waals surface area (Å²) in [6, 6.07) is 1.25. The van der Waals surface area contributed by atoms with Crippen molar-refractivity contribution in [1.29, 1.82) is 0 Å². The third-order valence-corrected chi connectivity index (χ3v) is 2.07. The summed E-state index contributed by atoms with van der Waals surface area (Å²) in [5, 5.41) is 0. The predicted molar refractivity (Wildman–Crippen MR) is 49.1 cm³/mol. The molecule has 0 saturated heterocycles. The SMILES string of the molecule is COC(=O)c1cc(C(=O)OC)c(Br)o1. The average molecular weight is 263 g/mol. The molecule has 0 fully saturated rings. The van der Waals surface area contributed by atoms with Crippen LogP contribution in [0.25, 0.3) is 0 Å². The second-order valence-electron chi connectivity index (χ2n) is 2.28. The van der Waals surface area contributed by atoms with E-state index in [9.17, 15) is 9.59 Å². The first kappa shape index (κ1) is 10.8. The van der Waals surface area contributed by atoms with E-state index in [1.165, 1.54) is 20.3 Å². The third kappa shape index (κ3) is 1.95. The molecule has 76 valence electrons. The standard InChI is InChI=1S/C8H7BrO5/c1-12-7(10)4-3-5(8(11)13-2)14-6(4)9/h3H,1-2H3.